The lowest BCUT2D eigenvalue weighted by Gasteiger charge is -2.05. The Hall–Kier alpha value is -0.0900. The number of thioether (sulfide) groups is 1. The van der Waals surface area contributed by atoms with Crippen LogP contribution in [0.4, 0.5) is 0 Å². The molecule has 0 unspecified atom stereocenters. The first kappa shape index (κ1) is 9.46. The van der Waals surface area contributed by atoms with E-state index in [1.54, 1.807) is 0 Å². The maximum absolute atomic E-state index is 4.25. The summed E-state index contributed by atoms with van der Waals surface area (Å²) in [5.41, 5.74) is 0. The fourth-order valence-corrected chi connectivity index (χ4v) is 2.82. The molecule has 2 nitrogen and oxygen atoms in total. The highest BCUT2D eigenvalue weighted by Crippen LogP contribution is 2.32. The third-order valence-corrected chi connectivity index (χ3v) is 3.81. The van der Waals surface area contributed by atoms with Crippen LogP contribution in [0.25, 0.3) is 0 Å². The first-order valence-electron chi connectivity index (χ1n) is 4.49. The number of rotatable bonds is 2. The molecule has 0 radical (unpaired) electrons. The minimum Gasteiger partial charge on any atom is -0.230 e. The lowest BCUT2D eigenvalue weighted by atomic mass is 10.4. The van der Waals surface area contributed by atoms with Crippen LogP contribution in [-0.4, -0.2) is 15.2 Å². The van der Waals surface area contributed by atoms with Crippen molar-refractivity contribution in [1.29, 1.82) is 0 Å². The predicted molar refractivity (Wildman–Crippen MR) is 57.8 cm³/mol. The fraction of sp³-hybridized carbons (Fsp3) is 0.556. The zero-order chi connectivity index (χ0) is 9.10. The van der Waals surface area contributed by atoms with Crippen molar-refractivity contribution in [2.24, 2.45) is 0 Å². The maximum atomic E-state index is 4.25. The normalized spacial score (nSPS) is 17.9. The van der Waals surface area contributed by atoms with Crippen LogP contribution < -0.4 is 0 Å². The minimum absolute atomic E-state index is 0.751. The molecule has 0 aromatic carbocycles. The van der Waals surface area contributed by atoms with Crippen molar-refractivity contribution < 1.29 is 0 Å². The molecule has 1 saturated carbocycles. The van der Waals surface area contributed by atoms with Gasteiger partial charge < -0.3 is 0 Å². The van der Waals surface area contributed by atoms with Gasteiger partial charge in [0.1, 0.15) is 0 Å². The van der Waals surface area contributed by atoms with Gasteiger partial charge in [0, 0.05) is 17.6 Å². The molecular weight excluding hydrogens is 248 g/mol. The molecule has 1 aromatic rings. The molecule has 1 aliphatic rings. The maximum Gasteiger partial charge on any atom is 0.187 e. The predicted octanol–water partition coefficient (Wildman–Crippen LogP) is 3.27. The number of halogens is 1. The third kappa shape index (κ3) is 2.68. The monoisotopic (exact) mass is 258 g/mol. The Labute approximate surface area is 90.7 Å². The summed E-state index contributed by atoms with van der Waals surface area (Å²) < 4.78 is 0.947. The molecule has 4 heteroatoms. The number of hydrogen-bond donors (Lipinski definition) is 0. The molecule has 1 aliphatic carbocycles. The van der Waals surface area contributed by atoms with E-state index in [9.17, 15) is 0 Å². The summed E-state index contributed by atoms with van der Waals surface area (Å²) in [5, 5.41) is 1.66. The van der Waals surface area contributed by atoms with Crippen LogP contribution in [0.15, 0.2) is 22.0 Å². The SMILES string of the molecule is Brc1cnc(SC2CCCC2)nc1. The third-order valence-electron chi connectivity index (χ3n) is 2.17. The van der Waals surface area contributed by atoms with Crippen molar-refractivity contribution in [1.82, 2.24) is 9.97 Å². The van der Waals surface area contributed by atoms with E-state index in [0.29, 0.717) is 0 Å². The van der Waals surface area contributed by atoms with Gasteiger partial charge >= 0.3 is 0 Å². The molecule has 0 saturated heterocycles. The molecule has 0 atom stereocenters. The Morgan fingerprint density at radius 1 is 1.23 bits per heavy atom. The molecule has 13 heavy (non-hydrogen) atoms. The highest BCUT2D eigenvalue weighted by atomic mass is 79.9. The van der Waals surface area contributed by atoms with Crippen molar-refractivity contribution >= 4 is 27.7 Å². The van der Waals surface area contributed by atoms with Gasteiger partial charge in [-0.15, -0.1) is 0 Å². The largest absolute Gasteiger partial charge is 0.230 e. The van der Waals surface area contributed by atoms with Crippen molar-refractivity contribution in [3.05, 3.63) is 16.9 Å². The van der Waals surface area contributed by atoms with Gasteiger partial charge in [-0.2, -0.15) is 0 Å². The van der Waals surface area contributed by atoms with E-state index in [1.165, 1.54) is 25.7 Å². The molecule has 1 aromatic heterocycles. The smallest absolute Gasteiger partial charge is 0.187 e. The van der Waals surface area contributed by atoms with E-state index in [0.717, 1.165) is 14.9 Å². The van der Waals surface area contributed by atoms with Crippen LogP contribution in [0.5, 0.6) is 0 Å². The number of nitrogens with zero attached hydrogens (tertiary/aromatic N) is 2. The van der Waals surface area contributed by atoms with Crippen molar-refractivity contribution in [3.8, 4) is 0 Å². The molecule has 70 valence electrons. The van der Waals surface area contributed by atoms with E-state index in [4.69, 9.17) is 0 Å². The van der Waals surface area contributed by atoms with E-state index in [-0.39, 0.29) is 0 Å². The summed E-state index contributed by atoms with van der Waals surface area (Å²) in [6.07, 6.45) is 9.01. The van der Waals surface area contributed by atoms with Crippen LogP contribution in [0.2, 0.25) is 0 Å². The summed E-state index contributed by atoms with van der Waals surface area (Å²) in [6, 6.07) is 0. The highest BCUT2D eigenvalue weighted by Gasteiger charge is 2.16. The quantitative estimate of drug-likeness (QED) is 0.762. The van der Waals surface area contributed by atoms with Crippen molar-refractivity contribution in [2.75, 3.05) is 0 Å². The Morgan fingerprint density at radius 3 is 2.46 bits per heavy atom. The van der Waals surface area contributed by atoms with Gasteiger partial charge in [0.25, 0.3) is 0 Å². The van der Waals surface area contributed by atoms with E-state index in [2.05, 4.69) is 25.9 Å². The average molecular weight is 259 g/mol. The zero-order valence-electron chi connectivity index (χ0n) is 7.24. The van der Waals surface area contributed by atoms with Gasteiger partial charge in [0.05, 0.1) is 4.47 Å². The summed E-state index contributed by atoms with van der Waals surface area (Å²) in [6.45, 7) is 0. The molecule has 0 aliphatic heterocycles. The molecule has 0 bridgehead atoms. The minimum atomic E-state index is 0.751. The van der Waals surface area contributed by atoms with Gasteiger partial charge in [0.15, 0.2) is 5.16 Å². The standard InChI is InChI=1S/C9H11BrN2S/c10-7-5-11-9(12-6-7)13-8-3-1-2-4-8/h5-6,8H,1-4H2. The summed E-state index contributed by atoms with van der Waals surface area (Å²) >= 11 is 5.14. The molecule has 0 spiro atoms. The molecule has 0 N–H and O–H groups in total. The highest BCUT2D eigenvalue weighted by molar-refractivity contribution is 9.10. The van der Waals surface area contributed by atoms with E-state index < -0.39 is 0 Å². The summed E-state index contributed by atoms with van der Waals surface area (Å²) in [7, 11) is 0. The van der Waals surface area contributed by atoms with Crippen LogP contribution in [-0.2, 0) is 0 Å². The fourth-order valence-electron chi connectivity index (χ4n) is 1.52. The zero-order valence-corrected chi connectivity index (χ0v) is 9.64. The van der Waals surface area contributed by atoms with Gasteiger partial charge in [-0.05, 0) is 28.8 Å². The Kier molecular flexibility index (Phi) is 3.22. The van der Waals surface area contributed by atoms with Crippen LogP contribution in [0.3, 0.4) is 0 Å². The van der Waals surface area contributed by atoms with Crippen LogP contribution in [0, 0.1) is 0 Å². The summed E-state index contributed by atoms with van der Waals surface area (Å²) in [5.74, 6) is 0. The molecule has 2 rings (SSSR count). The Morgan fingerprint density at radius 2 is 1.85 bits per heavy atom. The second-order valence-corrected chi connectivity index (χ2v) is 5.39. The van der Waals surface area contributed by atoms with Gasteiger partial charge in [-0.25, -0.2) is 9.97 Å². The lowest BCUT2D eigenvalue weighted by molar-refractivity contribution is 0.883. The van der Waals surface area contributed by atoms with Crippen molar-refractivity contribution in [2.45, 2.75) is 36.1 Å². The average Bonchev–Trinajstić information content (AvgIpc) is 2.62. The number of aromatic nitrogens is 2. The van der Waals surface area contributed by atoms with Crippen molar-refractivity contribution in [3.63, 3.8) is 0 Å². The molecular formula is C9H11BrN2S. The first-order chi connectivity index (χ1) is 6.34. The van der Waals surface area contributed by atoms with Crippen LogP contribution >= 0.6 is 27.7 Å². The summed E-state index contributed by atoms with van der Waals surface area (Å²) in [4.78, 5) is 8.49. The van der Waals surface area contributed by atoms with Gasteiger partial charge in [0.2, 0.25) is 0 Å². The topological polar surface area (TPSA) is 25.8 Å². The second kappa shape index (κ2) is 4.42. The van der Waals surface area contributed by atoms with Crippen LogP contribution in [0.1, 0.15) is 25.7 Å². The van der Waals surface area contributed by atoms with Gasteiger partial charge in [-0.1, -0.05) is 24.6 Å². The lowest BCUT2D eigenvalue weighted by Crippen LogP contribution is -1.96. The number of hydrogen-bond acceptors (Lipinski definition) is 3. The molecule has 1 heterocycles. The first-order valence-corrected chi connectivity index (χ1v) is 6.16. The van der Waals surface area contributed by atoms with E-state index in [1.807, 2.05) is 24.2 Å². The molecule has 0 amide bonds. The Bertz CT molecular complexity index is 269. The Balaban J connectivity index is 1.97. The van der Waals surface area contributed by atoms with Gasteiger partial charge in [-0.3, -0.25) is 0 Å². The second-order valence-electron chi connectivity index (χ2n) is 3.21. The van der Waals surface area contributed by atoms with E-state index >= 15 is 0 Å². The molecule has 1 fully saturated rings.